The number of para-hydroxylation sites is 1. The van der Waals surface area contributed by atoms with Crippen LogP contribution in [0.15, 0.2) is 72.1 Å². The Bertz CT molecular complexity index is 1280. The fourth-order valence-corrected chi connectivity index (χ4v) is 4.29. The first-order chi connectivity index (χ1) is 16.7. The molecule has 2 aromatic heterocycles. The number of nitrogens with one attached hydrogen (secondary N) is 1. The average Bonchev–Trinajstić information content (AvgIpc) is 3.49. The third-order valence-electron chi connectivity index (χ3n) is 5.17. The van der Waals surface area contributed by atoms with Crippen molar-refractivity contribution in [1.82, 2.24) is 25.5 Å². The number of hydrogen-bond acceptors (Lipinski definition) is 6. The molecule has 0 aliphatic carbocycles. The minimum atomic E-state index is -0.884. The van der Waals surface area contributed by atoms with Gasteiger partial charge in [0, 0.05) is 11.2 Å². The zero-order chi connectivity index (χ0) is 25.0. The lowest BCUT2D eigenvalue weighted by Crippen LogP contribution is -2.50. The van der Waals surface area contributed by atoms with Gasteiger partial charge in [-0.05, 0) is 62.1 Å². The molecule has 1 N–H and O–H groups in total. The fourth-order valence-electron chi connectivity index (χ4n) is 3.64. The van der Waals surface area contributed by atoms with Gasteiger partial charge in [-0.3, -0.25) is 14.5 Å². The summed E-state index contributed by atoms with van der Waals surface area (Å²) in [6.07, 6.45) is 0. The maximum absolute atomic E-state index is 13.8. The first-order valence-electron chi connectivity index (χ1n) is 11.3. The minimum absolute atomic E-state index is 0.168. The lowest BCUT2D eigenvalue weighted by molar-refractivity contribution is -0.128. The van der Waals surface area contributed by atoms with E-state index < -0.39 is 11.6 Å². The van der Waals surface area contributed by atoms with Crippen molar-refractivity contribution < 1.29 is 9.59 Å². The standard InChI is InChI=1S/C26H28N6O2S/c1-18-12-14-19(15-13-18)23(25(34)27-26(2,3)4)32(20-9-6-5-7-10-20)22(33)17-31-29-24(28-30-31)21-11-8-16-35-21/h5-16,23H,17H2,1-4H3,(H,27,34)/t23-/m1/s1. The Morgan fingerprint density at radius 3 is 2.37 bits per heavy atom. The summed E-state index contributed by atoms with van der Waals surface area (Å²) in [6, 6.07) is 19.7. The number of amides is 2. The molecule has 9 heteroatoms. The molecule has 0 spiro atoms. The molecule has 35 heavy (non-hydrogen) atoms. The second kappa shape index (κ2) is 10.2. The zero-order valence-electron chi connectivity index (χ0n) is 20.2. The molecule has 1 atom stereocenters. The highest BCUT2D eigenvalue weighted by Crippen LogP contribution is 2.29. The van der Waals surface area contributed by atoms with Crippen molar-refractivity contribution in [2.24, 2.45) is 0 Å². The van der Waals surface area contributed by atoms with E-state index in [2.05, 4.69) is 20.7 Å². The third kappa shape index (κ3) is 5.99. The molecule has 0 saturated heterocycles. The van der Waals surface area contributed by atoms with Crippen molar-refractivity contribution in [3.05, 3.63) is 83.2 Å². The average molecular weight is 489 g/mol. The second-order valence-corrected chi connectivity index (χ2v) is 10.2. The summed E-state index contributed by atoms with van der Waals surface area (Å²) in [4.78, 5) is 31.0. The molecule has 0 aliphatic rings. The molecule has 2 amide bonds. The number of rotatable bonds is 7. The van der Waals surface area contributed by atoms with Crippen LogP contribution in [0.3, 0.4) is 0 Å². The topological polar surface area (TPSA) is 93.0 Å². The van der Waals surface area contributed by atoms with E-state index in [9.17, 15) is 9.59 Å². The zero-order valence-corrected chi connectivity index (χ0v) is 21.0. The van der Waals surface area contributed by atoms with Gasteiger partial charge in [-0.2, -0.15) is 4.80 Å². The summed E-state index contributed by atoms with van der Waals surface area (Å²) >= 11 is 1.50. The van der Waals surface area contributed by atoms with Crippen LogP contribution in [0.5, 0.6) is 0 Å². The minimum Gasteiger partial charge on any atom is -0.349 e. The molecule has 4 aromatic rings. The Morgan fingerprint density at radius 1 is 1.03 bits per heavy atom. The van der Waals surface area contributed by atoms with E-state index in [-0.39, 0.29) is 18.4 Å². The summed E-state index contributed by atoms with van der Waals surface area (Å²) in [5.41, 5.74) is 1.90. The molecule has 0 aliphatic heterocycles. The number of carbonyl (C=O) groups excluding carboxylic acids is 2. The predicted octanol–water partition coefficient (Wildman–Crippen LogP) is 4.40. The van der Waals surface area contributed by atoms with Crippen LogP contribution in [0.1, 0.15) is 37.9 Å². The summed E-state index contributed by atoms with van der Waals surface area (Å²) < 4.78 is 0. The fraction of sp³-hybridized carbons (Fsp3) is 0.269. The van der Waals surface area contributed by atoms with Crippen molar-refractivity contribution in [3.63, 3.8) is 0 Å². The van der Waals surface area contributed by atoms with E-state index in [0.717, 1.165) is 10.4 Å². The lowest BCUT2D eigenvalue weighted by atomic mass is 9.99. The van der Waals surface area contributed by atoms with Gasteiger partial charge in [-0.25, -0.2) is 0 Å². The molecule has 0 radical (unpaired) electrons. The van der Waals surface area contributed by atoms with Crippen LogP contribution in [-0.2, 0) is 16.1 Å². The first kappa shape index (κ1) is 24.3. The summed E-state index contributed by atoms with van der Waals surface area (Å²) in [6.45, 7) is 7.56. The van der Waals surface area contributed by atoms with E-state index in [1.165, 1.54) is 21.0 Å². The molecule has 180 valence electrons. The van der Waals surface area contributed by atoms with E-state index in [0.29, 0.717) is 17.1 Å². The quantitative estimate of drug-likeness (QED) is 0.416. The third-order valence-corrected chi connectivity index (χ3v) is 6.04. The number of carbonyl (C=O) groups is 2. The Balaban J connectivity index is 1.73. The van der Waals surface area contributed by atoms with E-state index in [1.54, 1.807) is 0 Å². The second-order valence-electron chi connectivity index (χ2n) is 9.27. The molecular weight excluding hydrogens is 460 g/mol. The molecule has 0 bridgehead atoms. The molecule has 0 fully saturated rings. The largest absolute Gasteiger partial charge is 0.349 e. The van der Waals surface area contributed by atoms with Gasteiger partial charge in [0.2, 0.25) is 11.7 Å². The number of benzene rings is 2. The maximum Gasteiger partial charge on any atom is 0.251 e. The molecule has 2 aromatic carbocycles. The van der Waals surface area contributed by atoms with Gasteiger partial charge in [0.25, 0.3) is 5.91 Å². The van der Waals surface area contributed by atoms with Gasteiger partial charge >= 0.3 is 0 Å². The molecule has 8 nitrogen and oxygen atoms in total. The number of nitrogens with zero attached hydrogens (tertiary/aromatic N) is 5. The number of anilines is 1. The first-order valence-corrected chi connectivity index (χ1v) is 12.2. The Kier molecular flexibility index (Phi) is 7.07. The van der Waals surface area contributed by atoms with Crippen LogP contribution in [0.4, 0.5) is 5.69 Å². The van der Waals surface area contributed by atoms with Gasteiger partial charge in [-0.1, -0.05) is 54.1 Å². The van der Waals surface area contributed by atoms with Gasteiger partial charge in [0.05, 0.1) is 4.88 Å². The van der Waals surface area contributed by atoms with Crippen molar-refractivity contribution in [2.75, 3.05) is 4.90 Å². The molecule has 0 unspecified atom stereocenters. The molecule has 2 heterocycles. The lowest BCUT2D eigenvalue weighted by Gasteiger charge is -2.33. The normalized spacial score (nSPS) is 12.2. The number of aromatic nitrogens is 4. The van der Waals surface area contributed by atoms with Crippen molar-refractivity contribution >= 4 is 28.8 Å². The van der Waals surface area contributed by atoms with Crippen LogP contribution < -0.4 is 10.2 Å². The monoisotopic (exact) mass is 488 g/mol. The van der Waals surface area contributed by atoms with Crippen LogP contribution >= 0.6 is 11.3 Å². The SMILES string of the molecule is Cc1ccc([C@H](C(=O)NC(C)(C)C)N(C(=O)Cn2nnc(-c3cccs3)n2)c2ccccc2)cc1. The number of thiophene rings is 1. The Labute approximate surface area is 208 Å². The molecular formula is C26H28N6O2S. The number of tetrazole rings is 1. The number of aryl methyl sites for hydroxylation is 1. The van der Waals surface area contributed by atoms with Gasteiger partial charge < -0.3 is 5.32 Å². The van der Waals surface area contributed by atoms with E-state index >= 15 is 0 Å². The highest BCUT2D eigenvalue weighted by Gasteiger charge is 2.34. The maximum atomic E-state index is 13.8. The molecule has 4 rings (SSSR count). The van der Waals surface area contributed by atoms with Crippen molar-refractivity contribution in [1.29, 1.82) is 0 Å². The Morgan fingerprint density at radius 2 is 1.74 bits per heavy atom. The van der Waals surface area contributed by atoms with Crippen LogP contribution in [0.25, 0.3) is 10.7 Å². The van der Waals surface area contributed by atoms with E-state index in [4.69, 9.17) is 0 Å². The van der Waals surface area contributed by atoms with Gasteiger partial charge in [0.15, 0.2) is 0 Å². The number of hydrogen-bond donors (Lipinski definition) is 1. The predicted molar refractivity (Wildman–Crippen MR) is 137 cm³/mol. The van der Waals surface area contributed by atoms with Crippen LogP contribution in [0.2, 0.25) is 0 Å². The molecule has 0 saturated carbocycles. The smallest absolute Gasteiger partial charge is 0.251 e. The summed E-state index contributed by atoms with van der Waals surface area (Å²) in [5, 5.41) is 17.5. The van der Waals surface area contributed by atoms with Crippen molar-refractivity contribution in [3.8, 4) is 10.7 Å². The highest BCUT2D eigenvalue weighted by atomic mass is 32.1. The summed E-state index contributed by atoms with van der Waals surface area (Å²) in [5.74, 6) is -0.148. The summed E-state index contributed by atoms with van der Waals surface area (Å²) in [7, 11) is 0. The van der Waals surface area contributed by atoms with Crippen molar-refractivity contribution in [2.45, 2.75) is 45.8 Å². The van der Waals surface area contributed by atoms with E-state index in [1.807, 2.05) is 99.8 Å². The van der Waals surface area contributed by atoms with Crippen LogP contribution in [-0.4, -0.2) is 37.6 Å². The van der Waals surface area contributed by atoms with Crippen LogP contribution in [0, 0.1) is 6.92 Å². The van der Waals surface area contributed by atoms with Gasteiger partial charge in [-0.15, -0.1) is 21.5 Å². The Hall–Kier alpha value is -3.85. The highest BCUT2D eigenvalue weighted by molar-refractivity contribution is 7.13. The van der Waals surface area contributed by atoms with Gasteiger partial charge in [0.1, 0.15) is 12.6 Å².